The van der Waals surface area contributed by atoms with Gasteiger partial charge in [0, 0.05) is 23.8 Å². The molecule has 3 nitrogen and oxygen atoms in total. The second kappa shape index (κ2) is 6.48. The number of nitrogens with one attached hydrogen (secondary N) is 1. The van der Waals surface area contributed by atoms with Gasteiger partial charge in [0.1, 0.15) is 0 Å². The molecule has 2 aromatic carbocycles. The lowest BCUT2D eigenvalue weighted by molar-refractivity contribution is 0.395. The number of hydrazone groups is 1. The SMILES string of the molecule is CC1CC(C)(C)N(C)c2cc(Cl)c(/C=N/Nc3ccccc3)cc21. The fraction of sp³-hybridized carbons (Fsp3) is 0.350. The summed E-state index contributed by atoms with van der Waals surface area (Å²) in [4.78, 5) is 2.33. The van der Waals surface area contributed by atoms with Crippen molar-refractivity contribution >= 4 is 29.2 Å². The van der Waals surface area contributed by atoms with Crippen LogP contribution < -0.4 is 10.3 Å². The fourth-order valence-electron chi connectivity index (χ4n) is 3.39. The van der Waals surface area contributed by atoms with E-state index in [-0.39, 0.29) is 5.54 Å². The number of rotatable bonds is 3. The summed E-state index contributed by atoms with van der Waals surface area (Å²) < 4.78 is 0. The molecule has 126 valence electrons. The van der Waals surface area contributed by atoms with Crippen molar-refractivity contribution in [1.82, 2.24) is 0 Å². The predicted molar refractivity (Wildman–Crippen MR) is 105 cm³/mol. The molecule has 4 heteroatoms. The third-order valence-electron chi connectivity index (χ3n) is 4.92. The van der Waals surface area contributed by atoms with Gasteiger partial charge < -0.3 is 4.90 Å². The number of hydrogen-bond donors (Lipinski definition) is 1. The van der Waals surface area contributed by atoms with E-state index in [2.05, 4.69) is 55.4 Å². The number of nitrogens with zero attached hydrogens (tertiary/aromatic N) is 2. The first kappa shape index (κ1) is 16.8. The van der Waals surface area contributed by atoms with E-state index in [0.29, 0.717) is 5.92 Å². The number of hydrogen-bond acceptors (Lipinski definition) is 3. The van der Waals surface area contributed by atoms with Crippen LogP contribution in [-0.4, -0.2) is 18.8 Å². The Kier molecular flexibility index (Phi) is 4.55. The highest BCUT2D eigenvalue weighted by molar-refractivity contribution is 6.33. The third kappa shape index (κ3) is 3.27. The molecule has 24 heavy (non-hydrogen) atoms. The standard InChI is InChI=1S/C20H24ClN3/c1-14-12-20(2,3)24(4)19-11-18(21)15(10-17(14)19)13-22-23-16-8-6-5-7-9-16/h5-11,13-14,23H,12H2,1-4H3/b22-13+. The summed E-state index contributed by atoms with van der Waals surface area (Å²) in [7, 11) is 2.14. The second-order valence-corrected chi connectivity index (χ2v) is 7.55. The van der Waals surface area contributed by atoms with Crippen LogP contribution >= 0.6 is 11.6 Å². The molecule has 1 atom stereocenters. The van der Waals surface area contributed by atoms with Gasteiger partial charge in [-0.3, -0.25) is 5.43 Å². The van der Waals surface area contributed by atoms with Crippen LogP contribution in [0.4, 0.5) is 11.4 Å². The van der Waals surface area contributed by atoms with Crippen LogP contribution in [0.2, 0.25) is 5.02 Å². The minimum Gasteiger partial charge on any atom is -0.369 e. The van der Waals surface area contributed by atoms with Crippen LogP contribution in [0, 0.1) is 0 Å². The van der Waals surface area contributed by atoms with Crippen LogP contribution in [0.15, 0.2) is 47.6 Å². The Hall–Kier alpha value is -2.00. The smallest absolute Gasteiger partial charge is 0.0561 e. The van der Waals surface area contributed by atoms with Crippen molar-refractivity contribution in [1.29, 1.82) is 0 Å². The van der Waals surface area contributed by atoms with Gasteiger partial charge in [0.15, 0.2) is 0 Å². The third-order valence-corrected chi connectivity index (χ3v) is 5.25. The molecule has 2 aromatic rings. The van der Waals surface area contributed by atoms with Gasteiger partial charge in [-0.15, -0.1) is 0 Å². The average molecular weight is 342 g/mol. The molecular formula is C20H24ClN3. The number of para-hydroxylation sites is 1. The Morgan fingerprint density at radius 1 is 1.25 bits per heavy atom. The molecule has 0 amide bonds. The van der Waals surface area contributed by atoms with E-state index in [1.165, 1.54) is 11.3 Å². The molecule has 1 aliphatic heterocycles. The average Bonchev–Trinajstić information content (AvgIpc) is 2.54. The maximum Gasteiger partial charge on any atom is 0.0561 e. The van der Waals surface area contributed by atoms with Crippen molar-refractivity contribution < 1.29 is 0 Å². The molecular weight excluding hydrogens is 318 g/mol. The first-order chi connectivity index (χ1) is 11.4. The van der Waals surface area contributed by atoms with Gasteiger partial charge in [0.05, 0.1) is 16.9 Å². The molecule has 0 saturated heterocycles. The van der Waals surface area contributed by atoms with Gasteiger partial charge in [-0.25, -0.2) is 0 Å². The lowest BCUT2D eigenvalue weighted by Crippen LogP contribution is -2.45. The zero-order valence-electron chi connectivity index (χ0n) is 14.7. The largest absolute Gasteiger partial charge is 0.369 e. The summed E-state index contributed by atoms with van der Waals surface area (Å²) in [5.41, 5.74) is 7.63. The van der Waals surface area contributed by atoms with E-state index in [1.807, 2.05) is 30.3 Å². The van der Waals surface area contributed by atoms with Crippen molar-refractivity contribution in [2.45, 2.75) is 38.6 Å². The van der Waals surface area contributed by atoms with E-state index in [9.17, 15) is 0 Å². The minimum absolute atomic E-state index is 0.139. The van der Waals surface area contributed by atoms with Gasteiger partial charge in [-0.2, -0.15) is 5.10 Å². The van der Waals surface area contributed by atoms with E-state index in [4.69, 9.17) is 11.6 Å². The zero-order chi connectivity index (χ0) is 17.3. The van der Waals surface area contributed by atoms with E-state index < -0.39 is 0 Å². The summed E-state index contributed by atoms with van der Waals surface area (Å²) in [6.07, 6.45) is 2.92. The van der Waals surface area contributed by atoms with Crippen LogP contribution in [0.3, 0.4) is 0 Å². The molecule has 1 aliphatic rings. The Labute approximate surface area is 149 Å². The topological polar surface area (TPSA) is 27.6 Å². The van der Waals surface area contributed by atoms with E-state index in [0.717, 1.165) is 22.7 Å². The quantitative estimate of drug-likeness (QED) is 0.589. The highest BCUT2D eigenvalue weighted by atomic mass is 35.5. The number of benzene rings is 2. The molecule has 0 aromatic heterocycles. The normalized spacial score (nSPS) is 19.4. The fourth-order valence-corrected chi connectivity index (χ4v) is 3.60. The van der Waals surface area contributed by atoms with Crippen molar-refractivity contribution in [3.63, 3.8) is 0 Å². The molecule has 0 spiro atoms. The van der Waals surface area contributed by atoms with Crippen LogP contribution in [0.5, 0.6) is 0 Å². The minimum atomic E-state index is 0.139. The molecule has 0 radical (unpaired) electrons. The summed E-state index contributed by atoms with van der Waals surface area (Å²) >= 11 is 6.50. The highest BCUT2D eigenvalue weighted by Gasteiger charge is 2.34. The Morgan fingerprint density at radius 2 is 1.96 bits per heavy atom. The lowest BCUT2D eigenvalue weighted by Gasteiger charge is -2.45. The number of fused-ring (bicyclic) bond motifs is 1. The molecule has 3 rings (SSSR count). The molecule has 0 fully saturated rings. The van der Waals surface area contributed by atoms with Crippen LogP contribution in [-0.2, 0) is 0 Å². The van der Waals surface area contributed by atoms with Gasteiger partial charge in [0.25, 0.3) is 0 Å². The van der Waals surface area contributed by atoms with E-state index >= 15 is 0 Å². The number of anilines is 2. The van der Waals surface area contributed by atoms with Gasteiger partial charge in [-0.1, -0.05) is 36.7 Å². The highest BCUT2D eigenvalue weighted by Crippen LogP contribution is 2.44. The summed E-state index contributed by atoms with van der Waals surface area (Å²) in [5, 5.41) is 5.05. The Morgan fingerprint density at radius 3 is 2.67 bits per heavy atom. The summed E-state index contributed by atoms with van der Waals surface area (Å²) in [6.45, 7) is 6.84. The Balaban J connectivity index is 1.88. The van der Waals surface area contributed by atoms with Crippen LogP contribution in [0.1, 0.15) is 44.2 Å². The van der Waals surface area contributed by atoms with Crippen molar-refractivity contribution in [2.24, 2.45) is 5.10 Å². The molecule has 1 heterocycles. The first-order valence-corrected chi connectivity index (χ1v) is 8.68. The maximum absolute atomic E-state index is 6.50. The van der Waals surface area contributed by atoms with Gasteiger partial charge in [0.2, 0.25) is 0 Å². The van der Waals surface area contributed by atoms with Gasteiger partial charge >= 0.3 is 0 Å². The first-order valence-electron chi connectivity index (χ1n) is 8.30. The number of halogens is 1. The molecule has 0 saturated carbocycles. The summed E-state index contributed by atoms with van der Waals surface area (Å²) in [5.74, 6) is 0.498. The lowest BCUT2D eigenvalue weighted by atomic mass is 9.80. The molecule has 1 N–H and O–H groups in total. The predicted octanol–water partition coefficient (Wildman–Crippen LogP) is 5.51. The molecule has 0 bridgehead atoms. The maximum atomic E-state index is 6.50. The summed E-state index contributed by atoms with van der Waals surface area (Å²) in [6, 6.07) is 14.1. The van der Waals surface area contributed by atoms with Crippen molar-refractivity contribution in [3.05, 3.63) is 58.6 Å². The van der Waals surface area contributed by atoms with Crippen LogP contribution in [0.25, 0.3) is 0 Å². The van der Waals surface area contributed by atoms with Crippen molar-refractivity contribution in [2.75, 3.05) is 17.4 Å². The molecule has 1 unspecified atom stereocenters. The van der Waals surface area contributed by atoms with Gasteiger partial charge in [-0.05, 0) is 56.0 Å². The zero-order valence-corrected chi connectivity index (χ0v) is 15.4. The second-order valence-electron chi connectivity index (χ2n) is 7.15. The van der Waals surface area contributed by atoms with Crippen molar-refractivity contribution in [3.8, 4) is 0 Å². The molecule has 0 aliphatic carbocycles. The Bertz CT molecular complexity index is 753. The monoisotopic (exact) mass is 341 g/mol. The van der Waals surface area contributed by atoms with E-state index in [1.54, 1.807) is 6.21 Å².